The molecule has 31 heavy (non-hydrogen) atoms. The van der Waals surface area contributed by atoms with Crippen LogP contribution in [0.2, 0.25) is 0 Å². The van der Waals surface area contributed by atoms with Crippen LogP contribution in [0.4, 0.5) is 0 Å². The number of aromatic carboxylic acids is 1. The van der Waals surface area contributed by atoms with Gasteiger partial charge in [-0.15, -0.1) is 0 Å². The summed E-state index contributed by atoms with van der Waals surface area (Å²) in [5.74, 6) is -1.04. The van der Waals surface area contributed by atoms with E-state index >= 15 is 0 Å². The van der Waals surface area contributed by atoms with Crippen LogP contribution in [-0.2, 0) is 16.1 Å². The molecule has 2 aliphatic carbocycles. The highest BCUT2D eigenvalue weighted by molar-refractivity contribution is 6.01. The fraction of sp³-hybridized carbons (Fsp3) is 0.591. The molecule has 1 aliphatic heterocycles. The Hall–Kier alpha value is -2.97. The van der Waals surface area contributed by atoms with Crippen molar-refractivity contribution in [2.75, 3.05) is 0 Å². The summed E-state index contributed by atoms with van der Waals surface area (Å²) in [6.45, 7) is 4.32. The molecule has 4 atom stereocenters. The Balaban J connectivity index is 1.33. The number of aromatic nitrogens is 3. The van der Waals surface area contributed by atoms with Crippen LogP contribution in [0.3, 0.4) is 0 Å². The number of likely N-dealkylation sites (tertiary alicyclic amines) is 1. The molecular weight excluding hydrogens is 398 g/mol. The van der Waals surface area contributed by atoms with E-state index in [0.717, 1.165) is 25.7 Å². The second-order valence-corrected chi connectivity index (χ2v) is 9.93. The number of nitrogens with zero attached hydrogens (tertiary/aromatic N) is 4. The topological polar surface area (TPSA) is 117 Å². The summed E-state index contributed by atoms with van der Waals surface area (Å²) in [6.07, 6.45) is 7.64. The van der Waals surface area contributed by atoms with Gasteiger partial charge in [0.15, 0.2) is 5.69 Å². The molecule has 2 aromatic rings. The Morgan fingerprint density at radius 3 is 2.81 bits per heavy atom. The Morgan fingerprint density at radius 1 is 1.29 bits per heavy atom. The molecule has 0 bridgehead atoms. The SMILES string of the molecule is CC1(C)CCC(NC(=O)[C@@H]2C[C@H]3C[C@H]3N2C(=O)Cn2nc(C(=O)O)c3ccncc32)C1. The summed E-state index contributed by atoms with van der Waals surface area (Å²) in [5.41, 5.74) is 0.630. The molecule has 1 saturated heterocycles. The van der Waals surface area contributed by atoms with Crippen LogP contribution in [0.15, 0.2) is 18.5 Å². The third-order valence-electron chi connectivity index (χ3n) is 7.05. The number of hydrogen-bond acceptors (Lipinski definition) is 5. The van der Waals surface area contributed by atoms with Crippen molar-refractivity contribution in [1.29, 1.82) is 0 Å². The zero-order valence-electron chi connectivity index (χ0n) is 17.7. The van der Waals surface area contributed by atoms with Crippen LogP contribution in [0.1, 0.15) is 56.4 Å². The summed E-state index contributed by atoms with van der Waals surface area (Å²) in [4.78, 5) is 43.6. The van der Waals surface area contributed by atoms with Crippen molar-refractivity contribution >= 4 is 28.7 Å². The van der Waals surface area contributed by atoms with Gasteiger partial charge in [0.05, 0.1) is 11.7 Å². The Morgan fingerprint density at radius 2 is 2.10 bits per heavy atom. The molecule has 2 amide bonds. The van der Waals surface area contributed by atoms with E-state index in [2.05, 4.69) is 29.2 Å². The predicted octanol–water partition coefficient (Wildman–Crippen LogP) is 1.81. The third-order valence-corrected chi connectivity index (χ3v) is 7.05. The van der Waals surface area contributed by atoms with Crippen molar-refractivity contribution in [3.63, 3.8) is 0 Å². The predicted molar refractivity (Wildman–Crippen MR) is 111 cm³/mol. The lowest BCUT2D eigenvalue weighted by molar-refractivity contribution is -0.140. The van der Waals surface area contributed by atoms with Gasteiger partial charge < -0.3 is 15.3 Å². The number of nitrogens with one attached hydrogen (secondary N) is 1. The molecule has 2 saturated carbocycles. The maximum Gasteiger partial charge on any atom is 0.357 e. The van der Waals surface area contributed by atoms with Gasteiger partial charge in [-0.3, -0.25) is 19.3 Å². The van der Waals surface area contributed by atoms with Crippen LogP contribution >= 0.6 is 0 Å². The number of carbonyl (C=O) groups excluding carboxylic acids is 2. The van der Waals surface area contributed by atoms with Gasteiger partial charge in [-0.1, -0.05) is 13.8 Å². The van der Waals surface area contributed by atoms with Crippen molar-refractivity contribution in [2.24, 2.45) is 11.3 Å². The van der Waals surface area contributed by atoms with E-state index in [-0.39, 0.29) is 41.6 Å². The third kappa shape index (κ3) is 3.55. The molecule has 9 heteroatoms. The second-order valence-electron chi connectivity index (χ2n) is 9.93. The molecule has 3 aliphatic rings. The van der Waals surface area contributed by atoms with Gasteiger partial charge in [0, 0.05) is 23.7 Å². The fourth-order valence-corrected chi connectivity index (χ4v) is 5.41. The van der Waals surface area contributed by atoms with Crippen LogP contribution in [0.5, 0.6) is 0 Å². The zero-order chi connectivity index (χ0) is 21.9. The molecule has 9 nitrogen and oxygen atoms in total. The van der Waals surface area contributed by atoms with Crippen LogP contribution in [0, 0.1) is 11.3 Å². The van der Waals surface area contributed by atoms with Crippen molar-refractivity contribution < 1.29 is 19.5 Å². The van der Waals surface area contributed by atoms with Gasteiger partial charge in [0.1, 0.15) is 12.6 Å². The van der Waals surface area contributed by atoms with Crippen molar-refractivity contribution in [1.82, 2.24) is 25.0 Å². The fourth-order valence-electron chi connectivity index (χ4n) is 5.41. The molecule has 164 valence electrons. The number of hydrogen-bond donors (Lipinski definition) is 2. The van der Waals surface area contributed by atoms with Crippen molar-refractivity contribution in [2.45, 2.75) is 70.6 Å². The second kappa shape index (κ2) is 7.03. The molecule has 2 aromatic heterocycles. The smallest absolute Gasteiger partial charge is 0.357 e. The number of carbonyl (C=O) groups is 3. The lowest BCUT2D eigenvalue weighted by Crippen LogP contribution is -2.50. The molecule has 3 heterocycles. The van der Waals surface area contributed by atoms with Gasteiger partial charge in [0.2, 0.25) is 11.8 Å². The number of rotatable bonds is 5. The molecule has 1 unspecified atom stereocenters. The van der Waals surface area contributed by atoms with E-state index in [1.807, 2.05) is 0 Å². The summed E-state index contributed by atoms with van der Waals surface area (Å²) < 4.78 is 1.39. The standard InChI is InChI=1S/C22H27N5O4/c1-22(2)5-3-13(9-22)24-20(29)16-8-12-7-15(12)27(16)18(28)11-26-17-10-23-6-4-14(17)19(25-26)21(30)31/h4,6,10,12-13,15-16H,3,5,7-9,11H2,1-2H3,(H,24,29)(H,30,31)/t12-,13?,15-,16+/m1/s1. The van der Waals surface area contributed by atoms with E-state index < -0.39 is 12.0 Å². The number of piperidine rings is 1. The van der Waals surface area contributed by atoms with Crippen LogP contribution < -0.4 is 5.32 Å². The Labute approximate surface area is 179 Å². The molecule has 2 N–H and O–H groups in total. The first-order valence-corrected chi connectivity index (χ1v) is 10.9. The first-order chi connectivity index (χ1) is 14.7. The molecule has 0 radical (unpaired) electrons. The van der Waals surface area contributed by atoms with Gasteiger partial charge in [-0.25, -0.2) is 4.79 Å². The maximum absolute atomic E-state index is 13.2. The maximum atomic E-state index is 13.2. The van der Waals surface area contributed by atoms with Crippen LogP contribution in [-0.4, -0.2) is 60.7 Å². The summed E-state index contributed by atoms with van der Waals surface area (Å²) in [6, 6.07) is 1.38. The van der Waals surface area contributed by atoms with E-state index in [4.69, 9.17) is 0 Å². The average Bonchev–Trinajstić information content (AvgIpc) is 3.05. The minimum Gasteiger partial charge on any atom is -0.476 e. The lowest BCUT2D eigenvalue weighted by atomic mass is 9.92. The quantitative estimate of drug-likeness (QED) is 0.755. The number of amides is 2. The van der Waals surface area contributed by atoms with Gasteiger partial charge in [0.25, 0.3) is 0 Å². The number of carboxylic acids is 1. The summed E-state index contributed by atoms with van der Waals surface area (Å²) >= 11 is 0. The molecule has 5 rings (SSSR count). The largest absolute Gasteiger partial charge is 0.476 e. The Bertz CT molecular complexity index is 1080. The highest BCUT2D eigenvalue weighted by Gasteiger charge is 2.56. The van der Waals surface area contributed by atoms with Crippen molar-refractivity contribution in [3.8, 4) is 0 Å². The van der Waals surface area contributed by atoms with Crippen molar-refractivity contribution in [3.05, 3.63) is 24.2 Å². The summed E-state index contributed by atoms with van der Waals surface area (Å²) in [7, 11) is 0. The lowest BCUT2D eigenvalue weighted by Gasteiger charge is -2.28. The van der Waals surface area contributed by atoms with Gasteiger partial charge >= 0.3 is 5.97 Å². The monoisotopic (exact) mass is 425 g/mol. The zero-order valence-corrected chi connectivity index (χ0v) is 17.7. The first kappa shape index (κ1) is 20.0. The minimum absolute atomic E-state index is 0.0681. The minimum atomic E-state index is -1.15. The molecular formula is C22H27N5O4. The van der Waals surface area contributed by atoms with E-state index in [1.165, 1.54) is 17.1 Å². The van der Waals surface area contributed by atoms with E-state index in [9.17, 15) is 19.5 Å². The van der Waals surface area contributed by atoms with E-state index in [0.29, 0.717) is 23.2 Å². The number of fused-ring (bicyclic) bond motifs is 2. The average molecular weight is 425 g/mol. The molecule has 0 aromatic carbocycles. The normalized spacial score (nSPS) is 28.5. The first-order valence-electron chi connectivity index (χ1n) is 10.9. The summed E-state index contributed by atoms with van der Waals surface area (Å²) in [5, 5.41) is 17.2. The molecule has 3 fully saturated rings. The van der Waals surface area contributed by atoms with Crippen LogP contribution in [0.25, 0.3) is 10.9 Å². The highest BCUT2D eigenvalue weighted by atomic mass is 16.4. The highest BCUT2D eigenvalue weighted by Crippen LogP contribution is 2.48. The Kier molecular flexibility index (Phi) is 4.53. The molecule has 0 spiro atoms. The van der Waals surface area contributed by atoms with Gasteiger partial charge in [-0.05, 0) is 49.5 Å². The van der Waals surface area contributed by atoms with Gasteiger partial charge in [-0.2, -0.15) is 5.10 Å². The number of carboxylic acid groups (broad SMARTS) is 1. The number of pyridine rings is 1. The van der Waals surface area contributed by atoms with E-state index in [1.54, 1.807) is 11.0 Å².